The molecule has 3 aromatic rings. The van der Waals surface area contributed by atoms with Crippen LogP contribution in [0.15, 0.2) is 78.2 Å². The summed E-state index contributed by atoms with van der Waals surface area (Å²) in [6.45, 7) is 13.8. The van der Waals surface area contributed by atoms with Crippen LogP contribution in [-0.2, 0) is 0 Å². The van der Waals surface area contributed by atoms with Gasteiger partial charge in [0, 0.05) is 29.6 Å². The molecule has 180 valence electrons. The lowest BCUT2D eigenvalue weighted by molar-refractivity contribution is 0.199. The third kappa shape index (κ3) is 6.56. The van der Waals surface area contributed by atoms with Gasteiger partial charge in [-0.3, -0.25) is 0 Å². The Morgan fingerprint density at radius 2 is 1.97 bits per heavy atom. The molecule has 0 radical (unpaired) electrons. The van der Waals surface area contributed by atoms with Gasteiger partial charge in [-0.25, -0.2) is 9.67 Å². The number of rotatable bonds is 8. The fraction of sp³-hybridized carbons (Fsp3) is 0.276. The number of nitriles is 1. The highest BCUT2D eigenvalue weighted by Gasteiger charge is 2.16. The molecule has 0 amide bonds. The second kappa shape index (κ2) is 11.5. The second-order valence-electron chi connectivity index (χ2n) is 8.75. The standard InChI is InChI=1S/C29H32N4O2/c1-7-21(5)26(24-11-8-20(4)9-12-24)15-29(32-19(2)3)35-28-14-23(16-30)10-13-27(28)33-18-25(17-31-33)22(6)34/h8-15,17-18,21-22,34H,2,7H2,1,3-6H3/b26-15+,32-29?/t21-,22?/m1/s1. The van der Waals surface area contributed by atoms with Crippen LogP contribution < -0.4 is 4.74 Å². The van der Waals surface area contributed by atoms with E-state index < -0.39 is 6.10 Å². The van der Waals surface area contributed by atoms with Crippen LogP contribution in [0.1, 0.15) is 62.5 Å². The molecule has 0 saturated heterocycles. The van der Waals surface area contributed by atoms with E-state index in [2.05, 4.69) is 67.8 Å². The van der Waals surface area contributed by atoms with Gasteiger partial charge in [-0.1, -0.05) is 50.3 Å². The molecule has 0 aliphatic rings. The van der Waals surface area contributed by atoms with Crippen molar-refractivity contribution in [1.82, 2.24) is 9.78 Å². The normalized spacial score (nSPS) is 13.7. The second-order valence-corrected chi connectivity index (χ2v) is 8.75. The molecule has 0 bridgehead atoms. The quantitative estimate of drug-likeness (QED) is 0.300. The summed E-state index contributed by atoms with van der Waals surface area (Å²) in [7, 11) is 0. The van der Waals surface area contributed by atoms with Gasteiger partial charge in [0.25, 0.3) is 0 Å². The van der Waals surface area contributed by atoms with E-state index in [0.29, 0.717) is 34.2 Å². The average Bonchev–Trinajstić information content (AvgIpc) is 3.32. The van der Waals surface area contributed by atoms with Crippen molar-refractivity contribution in [1.29, 1.82) is 5.26 Å². The van der Waals surface area contributed by atoms with E-state index in [-0.39, 0.29) is 5.92 Å². The Morgan fingerprint density at radius 1 is 1.26 bits per heavy atom. The summed E-state index contributed by atoms with van der Waals surface area (Å²) in [6, 6.07) is 15.7. The Kier molecular flexibility index (Phi) is 8.40. The van der Waals surface area contributed by atoms with Gasteiger partial charge in [0.2, 0.25) is 5.90 Å². The first-order chi connectivity index (χ1) is 16.7. The van der Waals surface area contributed by atoms with Crippen molar-refractivity contribution in [2.75, 3.05) is 0 Å². The minimum Gasteiger partial charge on any atom is -0.437 e. The zero-order chi connectivity index (χ0) is 25.5. The number of hydrogen-bond acceptors (Lipinski definition) is 5. The van der Waals surface area contributed by atoms with Crippen LogP contribution >= 0.6 is 0 Å². The van der Waals surface area contributed by atoms with E-state index in [4.69, 9.17) is 4.74 Å². The number of nitrogens with zero attached hydrogens (tertiary/aromatic N) is 4. The fourth-order valence-corrected chi connectivity index (χ4v) is 3.53. The topological polar surface area (TPSA) is 83.4 Å². The van der Waals surface area contributed by atoms with Crippen molar-refractivity contribution in [2.24, 2.45) is 10.9 Å². The summed E-state index contributed by atoms with van der Waals surface area (Å²) < 4.78 is 7.95. The number of benzene rings is 2. The number of aliphatic hydroxyl groups is 1. The summed E-state index contributed by atoms with van der Waals surface area (Å²) in [4.78, 5) is 4.57. The van der Waals surface area contributed by atoms with Crippen LogP contribution in [0.3, 0.4) is 0 Å². The maximum Gasteiger partial charge on any atom is 0.219 e. The summed E-state index contributed by atoms with van der Waals surface area (Å²) in [5.74, 6) is 1.06. The maximum absolute atomic E-state index is 9.92. The third-order valence-corrected chi connectivity index (χ3v) is 5.74. The molecule has 0 saturated carbocycles. The molecule has 1 heterocycles. The molecular weight excluding hydrogens is 436 g/mol. The largest absolute Gasteiger partial charge is 0.437 e. The van der Waals surface area contributed by atoms with Crippen molar-refractivity contribution in [3.8, 4) is 17.5 Å². The zero-order valence-corrected chi connectivity index (χ0v) is 21.0. The van der Waals surface area contributed by atoms with Gasteiger partial charge in [0.1, 0.15) is 5.69 Å². The van der Waals surface area contributed by atoms with Crippen molar-refractivity contribution in [3.05, 3.63) is 95.5 Å². The van der Waals surface area contributed by atoms with Gasteiger partial charge < -0.3 is 9.84 Å². The van der Waals surface area contributed by atoms with Crippen LogP contribution in [0.2, 0.25) is 0 Å². The zero-order valence-electron chi connectivity index (χ0n) is 21.0. The van der Waals surface area contributed by atoms with Gasteiger partial charge in [-0.15, -0.1) is 0 Å². The summed E-state index contributed by atoms with van der Waals surface area (Å²) in [5.41, 5.74) is 5.73. The summed E-state index contributed by atoms with van der Waals surface area (Å²) >= 11 is 0. The van der Waals surface area contributed by atoms with Gasteiger partial charge in [-0.05, 0) is 56.4 Å². The molecule has 1 aromatic heterocycles. The number of aryl methyl sites for hydroxylation is 1. The van der Waals surface area contributed by atoms with Crippen LogP contribution in [0.4, 0.5) is 0 Å². The van der Waals surface area contributed by atoms with Crippen LogP contribution in [0.5, 0.6) is 5.75 Å². The Hall–Kier alpha value is -3.95. The summed E-state index contributed by atoms with van der Waals surface area (Å²) in [6.07, 6.45) is 5.59. The highest BCUT2D eigenvalue weighted by atomic mass is 16.5. The minimum absolute atomic E-state index is 0.265. The molecule has 3 rings (SSSR count). The molecule has 0 aliphatic carbocycles. The lowest BCUT2D eigenvalue weighted by atomic mass is 9.91. The Morgan fingerprint density at radius 3 is 2.54 bits per heavy atom. The number of hydrogen-bond donors (Lipinski definition) is 1. The molecule has 2 aromatic carbocycles. The molecule has 1 unspecified atom stereocenters. The highest BCUT2D eigenvalue weighted by molar-refractivity contribution is 5.97. The SMILES string of the molecule is C=C(C)N=C(/C=C(/c1ccc(C)cc1)[C@H](C)CC)Oc1cc(C#N)ccc1-n1cc(C(C)O)cn1. The molecule has 0 spiro atoms. The first-order valence-electron chi connectivity index (χ1n) is 11.7. The van der Waals surface area contributed by atoms with E-state index in [1.165, 1.54) is 5.56 Å². The molecule has 2 atom stereocenters. The molecule has 35 heavy (non-hydrogen) atoms. The number of allylic oxidation sites excluding steroid dienone is 2. The van der Waals surface area contributed by atoms with Crippen LogP contribution in [0, 0.1) is 24.2 Å². The van der Waals surface area contributed by atoms with Gasteiger partial charge in [-0.2, -0.15) is 10.4 Å². The molecule has 6 nitrogen and oxygen atoms in total. The molecular formula is C29H32N4O2. The first kappa shape index (κ1) is 25.7. The number of aliphatic imine (C=N–C) groups is 1. The van der Waals surface area contributed by atoms with Gasteiger partial charge >= 0.3 is 0 Å². The molecule has 0 aliphatic heterocycles. The predicted molar refractivity (Wildman–Crippen MR) is 140 cm³/mol. The Bertz CT molecular complexity index is 1290. The maximum atomic E-state index is 9.92. The van der Waals surface area contributed by atoms with Crippen LogP contribution in [-0.4, -0.2) is 20.8 Å². The van der Waals surface area contributed by atoms with Gasteiger partial charge in [0.15, 0.2) is 5.75 Å². The van der Waals surface area contributed by atoms with E-state index in [9.17, 15) is 10.4 Å². The Balaban J connectivity index is 2.12. The van der Waals surface area contributed by atoms with Crippen molar-refractivity contribution in [2.45, 2.75) is 47.1 Å². The number of ether oxygens (including phenoxy) is 1. The van der Waals surface area contributed by atoms with Gasteiger partial charge in [0.05, 0.1) is 23.9 Å². The van der Waals surface area contributed by atoms with E-state index in [1.54, 1.807) is 49.1 Å². The van der Waals surface area contributed by atoms with Crippen molar-refractivity contribution >= 4 is 11.5 Å². The fourth-order valence-electron chi connectivity index (χ4n) is 3.53. The van der Waals surface area contributed by atoms with E-state index in [1.807, 2.05) is 6.08 Å². The van der Waals surface area contributed by atoms with Crippen molar-refractivity contribution in [3.63, 3.8) is 0 Å². The molecule has 6 heteroatoms. The molecule has 0 fully saturated rings. The van der Waals surface area contributed by atoms with E-state index >= 15 is 0 Å². The monoisotopic (exact) mass is 468 g/mol. The predicted octanol–water partition coefficient (Wildman–Crippen LogP) is 6.55. The Labute approximate surface area is 207 Å². The summed E-state index contributed by atoms with van der Waals surface area (Å²) in [5, 5.41) is 23.8. The highest BCUT2D eigenvalue weighted by Crippen LogP contribution is 2.29. The van der Waals surface area contributed by atoms with E-state index in [0.717, 1.165) is 17.6 Å². The van der Waals surface area contributed by atoms with Crippen molar-refractivity contribution < 1.29 is 9.84 Å². The minimum atomic E-state index is -0.650. The lowest BCUT2D eigenvalue weighted by Crippen LogP contribution is -2.11. The lowest BCUT2D eigenvalue weighted by Gasteiger charge is -2.17. The van der Waals surface area contributed by atoms with Crippen LogP contribution in [0.25, 0.3) is 11.3 Å². The number of aliphatic hydroxyl groups excluding tert-OH is 1. The molecule has 1 N–H and O–H groups in total. The average molecular weight is 469 g/mol. The first-order valence-corrected chi connectivity index (χ1v) is 11.7. The third-order valence-electron chi connectivity index (χ3n) is 5.74. The smallest absolute Gasteiger partial charge is 0.219 e. The number of aromatic nitrogens is 2.